The van der Waals surface area contributed by atoms with E-state index in [1.54, 1.807) is 0 Å². The van der Waals surface area contributed by atoms with Gasteiger partial charge in [-0.15, -0.1) is 0 Å². The summed E-state index contributed by atoms with van der Waals surface area (Å²) in [5, 5.41) is 2.92. The van der Waals surface area contributed by atoms with Gasteiger partial charge in [0.2, 0.25) is 0 Å². The third-order valence-corrected chi connectivity index (χ3v) is 2.73. The maximum Gasteiger partial charge on any atom is 0.417 e. The Balaban J connectivity index is 2.65. The fourth-order valence-electron chi connectivity index (χ4n) is 1.88. The molecule has 0 aliphatic carbocycles. The molecule has 1 N–H and O–H groups in total. The molecule has 0 atom stereocenters. The van der Waals surface area contributed by atoms with Crippen molar-refractivity contribution in [2.75, 3.05) is 19.0 Å². The Labute approximate surface area is 119 Å². The highest BCUT2D eigenvalue weighted by molar-refractivity contribution is 5.74. The second-order valence-electron chi connectivity index (χ2n) is 4.05. The van der Waals surface area contributed by atoms with Crippen molar-refractivity contribution in [3.63, 3.8) is 0 Å². The van der Waals surface area contributed by atoms with Gasteiger partial charge in [0.15, 0.2) is 11.6 Å². The molecule has 0 amide bonds. The van der Waals surface area contributed by atoms with Gasteiger partial charge in [0.25, 0.3) is 0 Å². The molecule has 112 valence electrons. The lowest BCUT2D eigenvalue weighted by molar-refractivity contribution is -0.137. The van der Waals surface area contributed by atoms with Gasteiger partial charge in [0.05, 0.1) is 12.7 Å². The second-order valence-corrected chi connectivity index (χ2v) is 4.05. The number of pyridine rings is 1. The number of anilines is 1. The van der Waals surface area contributed by atoms with Crippen LogP contribution in [0.1, 0.15) is 12.5 Å². The fraction of sp³-hybridized carbons (Fsp3) is 0.308. The first kappa shape index (κ1) is 15.0. The number of rotatable bonds is 4. The van der Waals surface area contributed by atoms with Crippen molar-refractivity contribution in [1.82, 2.24) is 15.0 Å². The molecule has 0 aromatic carbocycles. The van der Waals surface area contributed by atoms with Gasteiger partial charge in [-0.05, 0) is 13.0 Å². The standard InChI is InChI=1S/C13H13F3N4O/c1-3-18-12-11(21-2)10(19-7-20-12)8-6-17-5-4-9(8)13(14,15)16/h4-7H,3H2,1-2H3,(H,18,19,20). The molecule has 2 aromatic rings. The van der Waals surface area contributed by atoms with Gasteiger partial charge >= 0.3 is 6.18 Å². The lowest BCUT2D eigenvalue weighted by Crippen LogP contribution is -2.10. The van der Waals surface area contributed by atoms with Gasteiger partial charge in [-0.25, -0.2) is 9.97 Å². The Morgan fingerprint density at radius 3 is 2.67 bits per heavy atom. The van der Waals surface area contributed by atoms with Crippen molar-refractivity contribution in [3.05, 3.63) is 30.4 Å². The smallest absolute Gasteiger partial charge is 0.417 e. The Morgan fingerprint density at radius 2 is 2.05 bits per heavy atom. The number of hydrogen-bond acceptors (Lipinski definition) is 5. The maximum atomic E-state index is 13.1. The predicted octanol–water partition coefficient (Wildman–Crippen LogP) is 3.00. The van der Waals surface area contributed by atoms with E-state index in [0.717, 1.165) is 18.5 Å². The first-order chi connectivity index (χ1) is 9.99. The fourth-order valence-corrected chi connectivity index (χ4v) is 1.88. The van der Waals surface area contributed by atoms with Crippen LogP contribution in [0.2, 0.25) is 0 Å². The molecule has 2 aromatic heterocycles. The van der Waals surface area contributed by atoms with Crippen molar-refractivity contribution in [1.29, 1.82) is 0 Å². The van der Waals surface area contributed by atoms with Crippen LogP contribution < -0.4 is 10.1 Å². The lowest BCUT2D eigenvalue weighted by atomic mass is 10.1. The average Bonchev–Trinajstić information content (AvgIpc) is 2.46. The van der Waals surface area contributed by atoms with Crippen LogP contribution >= 0.6 is 0 Å². The minimum atomic E-state index is -4.51. The largest absolute Gasteiger partial charge is 0.491 e. The summed E-state index contributed by atoms with van der Waals surface area (Å²) in [6.07, 6.45) is -1.12. The SMILES string of the molecule is CCNc1ncnc(-c2cnccc2C(F)(F)F)c1OC. The number of ether oxygens (including phenoxy) is 1. The Morgan fingerprint density at radius 1 is 1.29 bits per heavy atom. The molecule has 0 bridgehead atoms. The maximum absolute atomic E-state index is 13.1. The summed E-state index contributed by atoms with van der Waals surface area (Å²) in [5.41, 5.74) is -0.927. The summed E-state index contributed by atoms with van der Waals surface area (Å²) in [6, 6.07) is 0.907. The number of alkyl halides is 3. The van der Waals surface area contributed by atoms with Crippen LogP contribution in [0.15, 0.2) is 24.8 Å². The van der Waals surface area contributed by atoms with Crippen molar-refractivity contribution in [2.45, 2.75) is 13.1 Å². The zero-order valence-corrected chi connectivity index (χ0v) is 11.4. The number of hydrogen-bond donors (Lipinski definition) is 1. The molecule has 0 unspecified atom stereocenters. The van der Waals surface area contributed by atoms with E-state index in [1.807, 2.05) is 6.92 Å². The van der Waals surface area contributed by atoms with Crippen molar-refractivity contribution >= 4 is 5.82 Å². The first-order valence-corrected chi connectivity index (χ1v) is 6.13. The molecular weight excluding hydrogens is 285 g/mol. The van der Waals surface area contributed by atoms with Crippen LogP contribution in [0.25, 0.3) is 11.3 Å². The van der Waals surface area contributed by atoms with Gasteiger partial charge in [-0.1, -0.05) is 0 Å². The van der Waals surface area contributed by atoms with E-state index in [9.17, 15) is 13.2 Å². The normalized spacial score (nSPS) is 11.3. The zero-order valence-electron chi connectivity index (χ0n) is 11.4. The van der Waals surface area contributed by atoms with E-state index in [-0.39, 0.29) is 17.0 Å². The van der Waals surface area contributed by atoms with Gasteiger partial charge in [-0.2, -0.15) is 13.2 Å². The highest BCUT2D eigenvalue weighted by Crippen LogP contribution is 2.40. The number of aromatic nitrogens is 3. The van der Waals surface area contributed by atoms with Crippen LogP contribution in [0.3, 0.4) is 0 Å². The topological polar surface area (TPSA) is 59.9 Å². The van der Waals surface area contributed by atoms with Gasteiger partial charge in [0.1, 0.15) is 12.0 Å². The minimum Gasteiger partial charge on any atom is -0.491 e. The van der Waals surface area contributed by atoms with Crippen LogP contribution in [0.4, 0.5) is 19.0 Å². The zero-order chi connectivity index (χ0) is 15.5. The average molecular weight is 298 g/mol. The van der Waals surface area contributed by atoms with E-state index in [0.29, 0.717) is 12.4 Å². The van der Waals surface area contributed by atoms with Crippen LogP contribution in [-0.2, 0) is 6.18 Å². The molecule has 0 saturated carbocycles. The molecular formula is C13H13F3N4O. The third-order valence-electron chi connectivity index (χ3n) is 2.73. The third kappa shape index (κ3) is 3.04. The first-order valence-electron chi connectivity index (χ1n) is 6.13. The Bertz CT molecular complexity index is 631. The molecule has 5 nitrogen and oxygen atoms in total. The summed E-state index contributed by atoms with van der Waals surface area (Å²) >= 11 is 0. The quantitative estimate of drug-likeness (QED) is 0.940. The molecule has 0 aliphatic rings. The highest BCUT2D eigenvalue weighted by atomic mass is 19.4. The summed E-state index contributed by atoms with van der Waals surface area (Å²) in [7, 11) is 1.35. The van der Waals surface area contributed by atoms with E-state index >= 15 is 0 Å². The van der Waals surface area contributed by atoms with E-state index in [2.05, 4.69) is 20.3 Å². The second kappa shape index (κ2) is 5.94. The number of methoxy groups -OCH3 is 1. The van der Waals surface area contributed by atoms with E-state index in [1.165, 1.54) is 13.4 Å². The molecule has 8 heteroatoms. The molecule has 0 saturated heterocycles. The summed E-state index contributed by atoms with van der Waals surface area (Å²) in [4.78, 5) is 11.6. The molecule has 0 spiro atoms. The number of nitrogens with one attached hydrogen (secondary N) is 1. The highest BCUT2D eigenvalue weighted by Gasteiger charge is 2.35. The van der Waals surface area contributed by atoms with Crippen molar-refractivity contribution in [3.8, 4) is 17.0 Å². The molecule has 0 fully saturated rings. The number of halogens is 3. The van der Waals surface area contributed by atoms with Crippen LogP contribution in [-0.4, -0.2) is 28.6 Å². The molecule has 2 rings (SSSR count). The molecule has 0 radical (unpaired) electrons. The summed E-state index contributed by atoms with van der Waals surface area (Å²) in [5.74, 6) is 0.486. The van der Waals surface area contributed by atoms with Crippen molar-refractivity contribution in [2.24, 2.45) is 0 Å². The van der Waals surface area contributed by atoms with Crippen molar-refractivity contribution < 1.29 is 17.9 Å². The van der Waals surface area contributed by atoms with Gasteiger partial charge in [0, 0.05) is 24.5 Å². The van der Waals surface area contributed by atoms with Gasteiger partial charge in [-0.3, -0.25) is 4.98 Å². The monoisotopic (exact) mass is 298 g/mol. The van der Waals surface area contributed by atoms with Crippen LogP contribution in [0.5, 0.6) is 5.75 Å². The van der Waals surface area contributed by atoms with Gasteiger partial charge < -0.3 is 10.1 Å². The molecule has 2 heterocycles. The Hall–Kier alpha value is -2.38. The van der Waals surface area contributed by atoms with Crippen LogP contribution in [0, 0.1) is 0 Å². The minimum absolute atomic E-state index is 0.0453. The summed E-state index contributed by atoms with van der Waals surface area (Å²) < 4.78 is 44.4. The van der Waals surface area contributed by atoms with E-state index in [4.69, 9.17) is 4.74 Å². The summed E-state index contributed by atoms with van der Waals surface area (Å²) in [6.45, 7) is 2.39. The molecule has 0 aliphatic heterocycles. The predicted molar refractivity (Wildman–Crippen MR) is 71.0 cm³/mol. The van der Waals surface area contributed by atoms with E-state index < -0.39 is 11.7 Å². The Kier molecular flexibility index (Phi) is 4.25. The molecule has 21 heavy (non-hydrogen) atoms. The lowest BCUT2D eigenvalue weighted by Gasteiger charge is -2.15. The number of nitrogens with zero attached hydrogens (tertiary/aromatic N) is 3.